The molecule has 1 saturated carbocycles. The Bertz CT molecular complexity index is 1200. The van der Waals surface area contributed by atoms with Gasteiger partial charge in [-0.25, -0.2) is 4.68 Å². The van der Waals surface area contributed by atoms with E-state index in [9.17, 15) is 9.59 Å². The van der Waals surface area contributed by atoms with Gasteiger partial charge in [-0.15, -0.1) is 0 Å². The minimum atomic E-state index is -0.240. The topological polar surface area (TPSA) is 73.2 Å². The van der Waals surface area contributed by atoms with Crippen LogP contribution < -0.4 is 15.5 Å². The number of halogens is 1. The number of nitrogens with one attached hydrogen (secondary N) is 1. The van der Waals surface area contributed by atoms with E-state index in [2.05, 4.69) is 10.4 Å². The second-order valence-corrected chi connectivity index (χ2v) is 8.52. The Hall–Kier alpha value is -3.12. The molecule has 0 spiro atoms. The van der Waals surface area contributed by atoms with Crippen LogP contribution in [0.25, 0.3) is 16.8 Å². The molecule has 0 aliphatic heterocycles. The van der Waals surface area contributed by atoms with E-state index in [4.69, 9.17) is 16.3 Å². The highest BCUT2D eigenvalue weighted by Crippen LogP contribution is 2.32. The van der Waals surface area contributed by atoms with E-state index >= 15 is 0 Å². The Morgan fingerprint density at radius 3 is 2.59 bits per heavy atom. The third-order valence-corrected chi connectivity index (χ3v) is 6.12. The van der Waals surface area contributed by atoms with Crippen molar-refractivity contribution < 1.29 is 9.53 Å². The van der Waals surface area contributed by atoms with E-state index in [-0.39, 0.29) is 17.3 Å². The Labute approximate surface area is 192 Å². The van der Waals surface area contributed by atoms with Gasteiger partial charge in [-0.1, -0.05) is 49.1 Å². The molecule has 1 heterocycles. The number of hydrogen-bond acceptors (Lipinski definition) is 4. The van der Waals surface area contributed by atoms with Gasteiger partial charge in [0.2, 0.25) is 11.3 Å². The summed E-state index contributed by atoms with van der Waals surface area (Å²) in [7, 11) is 1.58. The first-order valence-corrected chi connectivity index (χ1v) is 11.2. The molecule has 1 fully saturated rings. The second kappa shape index (κ2) is 9.57. The monoisotopic (exact) mass is 451 g/mol. The van der Waals surface area contributed by atoms with Gasteiger partial charge >= 0.3 is 0 Å². The molecule has 32 heavy (non-hydrogen) atoms. The summed E-state index contributed by atoms with van der Waals surface area (Å²) in [6, 6.07) is 14.4. The van der Waals surface area contributed by atoms with Crippen molar-refractivity contribution in [1.82, 2.24) is 9.78 Å². The van der Waals surface area contributed by atoms with E-state index in [1.54, 1.807) is 36.9 Å². The molecule has 166 valence electrons. The summed E-state index contributed by atoms with van der Waals surface area (Å²) in [5.74, 6) is 0.794. The van der Waals surface area contributed by atoms with Crippen molar-refractivity contribution in [3.63, 3.8) is 0 Å². The molecule has 2 aromatic carbocycles. The van der Waals surface area contributed by atoms with Gasteiger partial charge in [0, 0.05) is 10.9 Å². The Morgan fingerprint density at radius 2 is 1.88 bits per heavy atom. The molecule has 1 aliphatic rings. The summed E-state index contributed by atoms with van der Waals surface area (Å²) in [6.07, 6.45) is 4.92. The van der Waals surface area contributed by atoms with Crippen LogP contribution in [0, 0.1) is 12.8 Å². The van der Waals surface area contributed by atoms with Crippen molar-refractivity contribution in [1.29, 1.82) is 0 Å². The van der Waals surface area contributed by atoms with Crippen LogP contribution in [0.15, 0.2) is 53.3 Å². The molecule has 3 aromatic rings. The van der Waals surface area contributed by atoms with E-state index in [0.29, 0.717) is 39.1 Å². The number of carbonyl (C=O) groups excluding carboxylic acids is 1. The third-order valence-electron chi connectivity index (χ3n) is 5.88. The molecule has 0 saturated heterocycles. The van der Waals surface area contributed by atoms with Crippen molar-refractivity contribution in [3.8, 4) is 22.6 Å². The zero-order valence-electron chi connectivity index (χ0n) is 18.2. The summed E-state index contributed by atoms with van der Waals surface area (Å²) < 4.78 is 6.96. The maximum atomic E-state index is 13.3. The normalized spacial score (nSPS) is 14.2. The fourth-order valence-corrected chi connectivity index (χ4v) is 4.36. The molecule has 4 rings (SSSR count). The standard InChI is InChI=1S/C25H26ClN3O3/c1-16-23(30)22(18-10-6-13-21(14-18)32-2)24(27-25(31)17-8-4-3-5-9-17)29(28-16)20-12-7-11-19(26)15-20/h6-7,10-15,17H,3-5,8-9H2,1-2H3,(H,27,31). The number of benzene rings is 2. The lowest BCUT2D eigenvalue weighted by Gasteiger charge is -2.23. The second-order valence-electron chi connectivity index (χ2n) is 8.09. The zero-order chi connectivity index (χ0) is 22.7. The van der Waals surface area contributed by atoms with Crippen molar-refractivity contribution >= 4 is 23.3 Å². The van der Waals surface area contributed by atoms with E-state index in [1.165, 1.54) is 0 Å². The smallest absolute Gasteiger partial charge is 0.228 e. The number of nitrogens with zero attached hydrogens (tertiary/aromatic N) is 2. The summed E-state index contributed by atoms with van der Waals surface area (Å²) in [6.45, 7) is 1.67. The highest BCUT2D eigenvalue weighted by Gasteiger charge is 2.25. The van der Waals surface area contributed by atoms with Crippen molar-refractivity contribution in [2.45, 2.75) is 39.0 Å². The van der Waals surface area contributed by atoms with Crippen LogP contribution in [-0.4, -0.2) is 22.8 Å². The van der Waals surface area contributed by atoms with Crippen LogP contribution in [-0.2, 0) is 4.79 Å². The molecule has 7 heteroatoms. The Kier molecular flexibility index (Phi) is 6.61. The number of amides is 1. The molecule has 0 radical (unpaired) electrons. The number of aromatic nitrogens is 2. The summed E-state index contributed by atoms with van der Waals surface area (Å²) >= 11 is 6.24. The average molecular weight is 452 g/mol. The molecule has 0 unspecified atom stereocenters. The summed E-state index contributed by atoms with van der Waals surface area (Å²) in [5, 5.41) is 8.09. The number of anilines is 1. The van der Waals surface area contributed by atoms with E-state index < -0.39 is 0 Å². The van der Waals surface area contributed by atoms with Gasteiger partial charge in [0.25, 0.3) is 0 Å². The van der Waals surface area contributed by atoms with Gasteiger partial charge in [-0.05, 0) is 55.7 Å². The molecular weight excluding hydrogens is 426 g/mol. The van der Waals surface area contributed by atoms with Crippen LogP contribution in [0.3, 0.4) is 0 Å². The highest BCUT2D eigenvalue weighted by molar-refractivity contribution is 6.30. The zero-order valence-corrected chi connectivity index (χ0v) is 19.0. The number of methoxy groups -OCH3 is 1. The molecule has 6 nitrogen and oxygen atoms in total. The minimum absolute atomic E-state index is 0.0777. The lowest BCUT2D eigenvalue weighted by atomic mass is 9.88. The van der Waals surface area contributed by atoms with Crippen molar-refractivity contribution in [2.24, 2.45) is 5.92 Å². The highest BCUT2D eigenvalue weighted by atomic mass is 35.5. The molecular formula is C25H26ClN3O3. The molecule has 1 N–H and O–H groups in total. The number of hydrogen-bond donors (Lipinski definition) is 1. The van der Waals surface area contributed by atoms with Gasteiger partial charge in [0.05, 0.1) is 18.4 Å². The maximum absolute atomic E-state index is 13.3. The van der Waals surface area contributed by atoms with E-state index in [0.717, 1.165) is 32.1 Å². The lowest BCUT2D eigenvalue weighted by Crippen LogP contribution is -2.29. The van der Waals surface area contributed by atoms with E-state index in [1.807, 2.05) is 30.3 Å². The lowest BCUT2D eigenvalue weighted by molar-refractivity contribution is -0.120. The van der Waals surface area contributed by atoms with Crippen LogP contribution >= 0.6 is 11.6 Å². The molecule has 1 aromatic heterocycles. The van der Waals surface area contributed by atoms with Gasteiger partial charge in [0.15, 0.2) is 0 Å². The first kappa shape index (κ1) is 22.1. The molecule has 0 bridgehead atoms. The number of carbonyl (C=O) groups is 1. The fraction of sp³-hybridized carbons (Fsp3) is 0.320. The third kappa shape index (κ3) is 4.55. The summed E-state index contributed by atoms with van der Waals surface area (Å²) in [4.78, 5) is 26.5. The first-order chi connectivity index (χ1) is 15.5. The van der Waals surface area contributed by atoms with Gasteiger partial charge in [-0.3, -0.25) is 9.59 Å². The molecule has 0 atom stereocenters. The van der Waals surface area contributed by atoms with Crippen LogP contribution in [0.1, 0.15) is 37.8 Å². The Balaban J connectivity index is 1.92. The molecule has 1 amide bonds. The van der Waals surface area contributed by atoms with Gasteiger partial charge in [0.1, 0.15) is 17.3 Å². The van der Waals surface area contributed by atoms with Crippen LogP contribution in [0.2, 0.25) is 5.02 Å². The average Bonchev–Trinajstić information content (AvgIpc) is 2.82. The van der Waals surface area contributed by atoms with Crippen LogP contribution in [0.4, 0.5) is 5.82 Å². The Morgan fingerprint density at radius 1 is 1.12 bits per heavy atom. The van der Waals surface area contributed by atoms with Crippen LogP contribution in [0.5, 0.6) is 5.75 Å². The number of aryl methyl sites for hydroxylation is 1. The maximum Gasteiger partial charge on any atom is 0.228 e. The fourth-order valence-electron chi connectivity index (χ4n) is 4.18. The largest absolute Gasteiger partial charge is 0.497 e. The first-order valence-electron chi connectivity index (χ1n) is 10.8. The molecule has 1 aliphatic carbocycles. The predicted octanol–water partition coefficient (Wildman–Crippen LogP) is 5.39. The minimum Gasteiger partial charge on any atom is -0.497 e. The SMILES string of the molecule is COc1cccc(-c2c(NC(=O)C3CCCCC3)n(-c3cccc(Cl)c3)nc(C)c2=O)c1. The quantitative estimate of drug-likeness (QED) is 0.564. The number of ether oxygens (including phenoxy) is 1. The predicted molar refractivity (Wildman–Crippen MR) is 127 cm³/mol. The summed E-state index contributed by atoms with van der Waals surface area (Å²) in [5.41, 5.74) is 1.76. The van der Waals surface area contributed by atoms with Crippen molar-refractivity contribution in [3.05, 3.63) is 69.5 Å². The van der Waals surface area contributed by atoms with Crippen molar-refractivity contribution in [2.75, 3.05) is 12.4 Å². The van der Waals surface area contributed by atoms with Gasteiger partial charge in [-0.2, -0.15) is 5.10 Å². The number of rotatable bonds is 5. The van der Waals surface area contributed by atoms with Gasteiger partial charge < -0.3 is 10.1 Å².